The first-order chi connectivity index (χ1) is 5.64. The highest BCUT2D eigenvalue weighted by Crippen LogP contribution is 1.99. The topological polar surface area (TPSA) is 71.1 Å². The van der Waals surface area contributed by atoms with Gasteiger partial charge in [0.2, 0.25) is 0 Å². The number of aromatic nitrogens is 1. The summed E-state index contributed by atoms with van der Waals surface area (Å²) in [6, 6.07) is 5.84. The first-order valence-electron chi connectivity index (χ1n) is 3.18. The lowest BCUT2D eigenvalue weighted by molar-refractivity contribution is 0.593. The van der Waals surface area contributed by atoms with E-state index in [9.17, 15) is 8.42 Å². The Balaban J connectivity index is 2.78. The summed E-state index contributed by atoms with van der Waals surface area (Å²) in [5.41, 5.74) is 0. The molecule has 1 radical (unpaired) electrons. The molecule has 0 saturated heterocycles. The standard InChI is InChI=1S/C6H8N3O2S/c1-7-12(10,11)9-6-4-2-3-5-8-6/h2-3,5,7H,1H3,(H,8,9). The van der Waals surface area contributed by atoms with Crippen LogP contribution in [0.15, 0.2) is 18.3 Å². The maximum absolute atomic E-state index is 10.9. The molecule has 0 amide bonds. The van der Waals surface area contributed by atoms with Crippen LogP contribution in [0.3, 0.4) is 0 Å². The minimum absolute atomic E-state index is 0.173. The largest absolute Gasteiger partial charge is 0.300 e. The van der Waals surface area contributed by atoms with Crippen molar-refractivity contribution in [1.82, 2.24) is 9.71 Å². The number of nitrogens with zero attached hydrogens (tertiary/aromatic N) is 1. The predicted octanol–water partition coefficient (Wildman–Crippen LogP) is -0.242. The first kappa shape index (κ1) is 8.95. The summed E-state index contributed by atoms with van der Waals surface area (Å²) in [4.78, 5) is 3.73. The van der Waals surface area contributed by atoms with Crippen molar-refractivity contribution in [2.24, 2.45) is 0 Å². The molecule has 1 heterocycles. The second-order valence-electron chi connectivity index (χ2n) is 1.94. The summed E-state index contributed by atoms with van der Waals surface area (Å²) in [7, 11) is -2.16. The van der Waals surface area contributed by atoms with Crippen molar-refractivity contribution in [3.63, 3.8) is 0 Å². The number of anilines is 1. The zero-order valence-corrected chi connectivity index (χ0v) is 7.22. The number of pyridine rings is 1. The Morgan fingerprint density at radius 2 is 2.33 bits per heavy atom. The van der Waals surface area contributed by atoms with Crippen molar-refractivity contribution in [3.05, 3.63) is 24.4 Å². The third kappa shape index (κ3) is 2.48. The highest BCUT2D eigenvalue weighted by atomic mass is 32.2. The van der Waals surface area contributed by atoms with Gasteiger partial charge in [-0.1, -0.05) is 0 Å². The molecule has 0 aromatic carbocycles. The summed E-state index contributed by atoms with van der Waals surface area (Å²) >= 11 is 0. The summed E-state index contributed by atoms with van der Waals surface area (Å²) in [6.07, 6.45) is 1.48. The van der Waals surface area contributed by atoms with E-state index in [0.717, 1.165) is 0 Å². The molecule has 1 aromatic rings. The van der Waals surface area contributed by atoms with E-state index >= 15 is 0 Å². The quantitative estimate of drug-likeness (QED) is 0.684. The van der Waals surface area contributed by atoms with Gasteiger partial charge in [0.1, 0.15) is 5.82 Å². The lowest BCUT2D eigenvalue weighted by Crippen LogP contribution is -2.26. The van der Waals surface area contributed by atoms with Gasteiger partial charge in [-0.25, -0.2) is 9.71 Å². The number of hydrogen-bond acceptors (Lipinski definition) is 3. The van der Waals surface area contributed by atoms with Gasteiger partial charge in [-0.15, -0.1) is 0 Å². The van der Waals surface area contributed by atoms with E-state index in [-0.39, 0.29) is 5.82 Å². The summed E-state index contributed by atoms with van der Waals surface area (Å²) in [6.45, 7) is 0. The second-order valence-corrected chi connectivity index (χ2v) is 3.56. The van der Waals surface area contributed by atoms with Crippen LogP contribution in [0.1, 0.15) is 0 Å². The van der Waals surface area contributed by atoms with Gasteiger partial charge in [-0.2, -0.15) is 8.42 Å². The van der Waals surface area contributed by atoms with Crippen LogP contribution in [0.2, 0.25) is 0 Å². The highest BCUT2D eigenvalue weighted by molar-refractivity contribution is 7.90. The van der Waals surface area contributed by atoms with Crippen molar-refractivity contribution in [2.75, 3.05) is 11.8 Å². The van der Waals surface area contributed by atoms with E-state index in [1.165, 1.54) is 13.2 Å². The summed E-state index contributed by atoms with van der Waals surface area (Å²) in [5.74, 6) is 0.173. The van der Waals surface area contributed by atoms with E-state index in [1.54, 1.807) is 12.1 Å². The molecule has 0 spiro atoms. The lowest BCUT2D eigenvalue weighted by Gasteiger charge is -2.03. The molecule has 5 nitrogen and oxygen atoms in total. The molecule has 1 rings (SSSR count). The first-order valence-corrected chi connectivity index (χ1v) is 4.66. The number of hydrogen-bond donors (Lipinski definition) is 2. The average Bonchev–Trinajstić information content (AvgIpc) is 2.06. The molecule has 0 atom stereocenters. The molecular formula is C6H8N3O2S. The van der Waals surface area contributed by atoms with Gasteiger partial charge >= 0.3 is 0 Å². The Bertz CT molecular complexity index is 335. The van der Waals surface area contributed by atoms with Gasteiger partial charge in [0, 0.05) is 19.3 Å². The van der Waals surface area contributed by atoms with Crippen LogP contribution in [-0.2, 0) is 10.2 Å². The molecule has 0 saturated carbocycles. The third-order valence-electron chi connectivity index (χ3n) is 1.11. The Morgan fingerprint density at radius 3 is 2.83 bits per heavy atom. The van der Waals surface area contributed by atoms with E-state index in [2.05, 4.69) is 20.5 Å². The maximum Gasteiger partial charge on any atom is 0.300 e. The second kappa shape index (κ2) is 3.51. The molecule has 6 heteroatoms. The smallest absolute Gasteiger partial charge is 0.254 e. The van der Waals surface area contributed by atoms with Crippen LogP contribution in [0, 0.1) is 6.07 Å². The van der Waals surface area contributed by atoms with Crippen LogP contribution in [-0.4, -0.2) is 20.4 Å². The Kier molecular flexibility index (Phi) is 2.61. The van der Waals surface area contributed by atoms with Gasteiger partial charge in [0.05, 0.1) is 0 Å². The number of nitrogens with one attached hydrogen (secondary N) is 2. The normalized spacial score (nSPS) is 11.1. The predicted molar refractivity (Wildman–Crippen MR) is 44.7 cm³/mol. The number of rotatable bonds is 3. The Hall–Kier alpha value is -1.14. The van der Waals surface area contributed by atoms with Crippen molar-refractivity contribution in [1.29, 1.82) is 0 Å². The lowest BCUT2D eigenvalue weighted by atomic mass is 10.5. The minimum atomic E-state index is -3.47. The molecular weight excluding hydrogens is 178 g/mol. The molecule has 0 aliphatic rings. The van der Waals surface area contributed by atoms with E-state index in [4.69, 9.17) is 0 Å². The molecule has 12 heavy (non-hydrogen) atoms. The molecule has 0 unspecified atom stereocenters. The Morgan fingerprint density at radius 1 is 1.58 bits per heavy atom. The van der Waals surface area contributed by atoms with Gasteiger partial charge < -0.3 is 0 Å². The van der Waals surface area contributed by atoms with Crippen molar-refractivity contribution in [3.8, 4) is 0 Å². The summed E-state index contributed by atoms with van der Waals surface area (Å²) < 4.78 is 26.0. The molecule has 0 aliphatic heterocycles. The van der Waals surface area contributed by atoms with E-state index in [1.807, 2.05) is 0 Å². The van der Waals surface area contributed by atoms with Crippen LogP contribution in [0.4, 0.5) is 5.82 Å². The van der Waals surface area contributed by atoms with E-state index in [0.29, 0.717) is 0 Å². The van der Waals surface area contributed by atoms with Crippen LogP contribution in [0.25, 0.3) is 0 Å². The van der Waals surface area contributed by atoms with Crippen LogP contribution >= 0.6 is 0 Å². The molecule has 0 bridgehead atoms. The monoisotopic (exact) mass is 186 g/mol. The molecule has 1 aromatic heterocycles. The molecule has 0 fully saturated rings. The molecule has 0 aliphatic carbocycles. The van der Waals surface area contributed by atoms with Gasteiger partial charge in [0.25, 0.3) is 10.2 Å². The minimum Gasteiger partial charge on any atom is -0.254 e. The van der Waals surface area contributed by atoms with Crippen LogP contribution < -0.4 is 9.44 Å². The SMILES string of the molecule is CNS(=O)(=O)Nc1[c]cccn1. The summed E-state index contributed by atoms with van der Waals surface area (Å²) in [5, 5.41) is 0. The van der Waals surface area contributed by atoms with Crippen molar-refractivity contribution < 1.29 is 8.42 Å². The average molecular weight is 186 g/mol. The zero-order valence-electron chi connectivity index (χ0n) is 6.40. The van der Waals surface area contributed by atoms with Crippen LogP contribution in [0.5, 0.6) is 0 Å². The fourth-order valence-corrected chi connectivity index (χ4v) is 1.03. The Labute approximate surface area is 71.0 Å². The van der Waals surface area contributed by atoms with Crippen molar-refractivity contribution in [2.45, 2.75) is 0 Å². The fraction of sp³-hybridized carbons (Fsp3) is 0.167. The van der Waals surface area contributed by atoms with Gasteiger partial charge in [-0.3, -0.25) is 4.72 Å². The van der Waals surface area contributed by atoms with Gasteiger partial charge in [-0.05, 0) is 12.1 Å². The maximum atomic E-state index is 10.9. The van der Waals surface area contributed by atoms with Gasteiger partial charge in [0.15, 0.2) is 0 Å². The molecule has 65 valence electrons. The molecule has 2 N–H and O–H groups in total. The third-order valence-corrected chi connectivity index (χ3v) is 2.11. The zero-order chi connectivity index (χ0) is 9.03. The fourth-order valence-electron chi connectivity index (χ4n) is 0.559. The van der Waals surface area contributed by atoms with Crippen molar-refractivity contribution >= 4 is 16.0 Å². The highest BCUT2D eigenvalue weighted by Gasteiger charge is 2.05. The van der Waals surface area contributed by atoms with E-state index < -0.39 is 10.2 Å².